The normalized spacial score (nSPS) is 26.1. The largest absolute Gasteiger partial charge is 0.493 e. The van der Waals surface area contributed by atoms with E-state index in [4.69, 9.17) is 14.6 Å². The second kappa shape index (κ2) is 4.34. The minimum atomic E-state index is 0.0704. The molecule has 1 N–H and O–H groups in total. The number of aromatic nitrogens is 1. The Morgan fingerprint density at radius 2 is 2.00 bits per heavy atom. The highest BCUT2D eigenvalue weighted by atomic mass is 32.1. The summed E-state index contributed by atoms with van der Waals surface area (Å²) in [5.41, 5.74) is 0. The second-order valence-corrected chi connectivity index (χ2v) is 4.28. The molecule has 0 radical (unpaired) electrons. The van der Waals surface area contributed by atoms with Gasteiger partial charge in [-0.2, -0.15) is 4.98 Å². The van der Waals surface area contributed by atoms with E-state index in [0.717, 1.165) is 18.2 Å². The summed E-state index contributed by atoms with van der Waals surface area (Å²) in [5.74, 6) is 0.0739. The highest BCUT2D eigenvalue weighted by Gasteiger charge is 2.34. The first kappa shape index (κ1) is 10.7. The summed E-state index contributed by atoms with van der Waals surface area (Å²) in [6.45, 7) is 1.50. The van der Waals surface area contributed by atoms with Crippen molar-refractivity contribution in [1.82, 2.24) is 4.98 Å². The maximum atomic E-state index is 9.17. The molecule has 0 amide bonds. The van der Waals surface area contributed by atoms with Gasteiger partial charge in [-0.05, 0) is 0 Å². The Kier molecular flexibility index (Phi) is 3.08. The molecule has 2 atom stereocenters. The van der Waals surface area contributed by atoms with Gasteiger partial charge in [0, 0.05) is 27.3 Å². The van der Waals surface area contributed by atoms with E-state index in [0.29, 0.717) is 0 Å². The number of aromatic hydroxyl groups is 1. The van der Waals surface area contributed by atoms with Crippen molar-refractivity contribution >= 4 is 16.5 Å². The number of nitrogens with zero attached hydrogens (tertiary/aromatic N) is 2. The van der Waals surface area contributed by atoms with E-state index in [1.165, 1.54) is 11.3 Å². The van der Waals surface area contributed by atoms with Crippen LogP contribution in [-0.4, -0.2) is 49.6 Å². The Bertz CT molecular complexity index is 319. The molecule has 6 heteroatoms. The van der Waals surface area contributed by atoms with E-state index in [1.54, 1.807) is 19.6 Å². The van der Waals surface area contributed by atoms with Crippen molar-refractivity contribution < 1.29 is 14.6 Å². The lowest BCUT2D eigenvalue weighted by atomic mass is 10.3. The molecular formula is C9H14N2O3S. The van der Waals surface area contributed by atoms with Gasteiger partial charge in [0.05, 0.1) is 5.38 Å². The van der Waals surface area contributed by atoms with Crippen LogP contribution < -0.4 is 4.90 Å². The number of ether oxygens (including phenoxy) is 2. The van der Waals surface area contributed by atoms with Crippen LogP contribution in [0.5, 0.6) is 5.88 Å². The van der Waals surface area contributed by atoms with E-state index < -0.39 is 0 Å². The molecular weight excluding hydrogens is 216 g/mol. The fourth-order valence-electron chi connectivity index (χ4n) is 1.75. The monoisotopic (exact) mass is 230 g/mol. The predicted molar refractivity (Wildman–Crippen MR) is 57.6 cm³/mol. The summed E-state index contributed by atoms with van der Waals surface area (Å²) >= 11 is 1.43. The summed E-state index contributed by atoms with van der Waals surface area (Å²) in [6.07, 6.45) is 0.141. The Morgan fingerprint density at radius 1 is 1.40 bits per heavy atom. The highest BCUT2D eigenvalue weighted by molar-refractivity contribution is 7.13. The molecule has 1 aromatic rings. The Labute approximate surface area is 92.3 Å². The first-order valence-electron chi connectivity index (χ1n) is 4.69. The zero-order valence-corrected chi connectivity index (χ0v) is 9.53. The molecule has 1 saturated heterocycles. The molecule has 2 rings (SSSR count). The van der Waals surface area contributed by atoms with Crippen molar-refractivity contribution in [3.05, 3.63) is 5.38 Å². The molecule has 2 unspecified atom stereocenters. The number of hydrogen-bond donors (Lipinski definition) is 1. The number of anilines is 1. The lowest BCUT2D eigenvalue weighted by molar-refractivity contribution is -0.00461. The molecule has 1 aliphatic heterocycles. The minimum absolute atomic E-state index is 0.0704. The molecule has 5 nitrogen and oxygen atoms in total. The van der Waals surface area contributed by atoms with E-state index >= 15 is 0 Å². The van der Waals surface area contributed by atoms with Gasteiger partial charge in [-0.15, -0.1) is 11.3 Å². The molecule has 0 bridgehead atoms. The lowest BCUT2D eigenvalue weighted by Gasteiger charge is -2.13. The predicted octanol–water partition coefficient (Wildman–Crippen LogP) is 0.699. The number of methoxy groups -OCH3 is 2. The van der Waals surface area contributed by atoms with Gasteiger partial charge in [0.1, 0.15) is 12.2 Å². The Balaban J connectivity index is 2.07. The van der Waals surface area contributed by atoms with Crippen LogP contribution in [0.4, 0.5) is 5.13 Å². The molecule has 1 aliphatic rings. The molecule has 0 aliphatic carbocycles. The number of hydrogen-bond acceptors (Lipinski definition) is 6. The van der Waals surface area contributed by atoms with Gasteiger partial charge < -0.3 is 19.5 Å². The van der Waals surface area contributed by atoms with Crippen LogP contribution in [0.3, 0.4) is 0 Å². The van der Waals surface area contributed by atoms with Crippen molar-refractivity contribution in [2.45, 2.75) is 12.2 Å². The van der Waals surface area contributed by atoms with Gasteiger partial charge >= 0.3 is 0 Å². The molecule has 1 fully saturated rings. The maximum absolute atomic E-state index is 9.17. The lowest BCUT2D eigenvalue weighted by Crippen LogP contribution is -2.27. The number of thiazole rings is 1. The van der Waals surface area contributed by atoms with Crippen molar-refractivity contribution in [1.29, 1.82) is 0 Å². The van der Waals surface area contributed by atoms with Crippen LogP contribution in [0, 0.1) is 0 Å². The topological polar surface area (TPSA) is 54.8 Å². The first-order valence-corrected chi connectivity index (χ1v) is 5.57. The van der Waals surface area contributed by atoms with Gasteiger partial charge in [-0.3, -0.25) is 0 Å². The second-order valence-electron chi connectivity index (χ2n) is 3.44. The molecule has 2 heterocycles. The van der Waals surface area contributed by atoms with Crippen LogP contribution in [0.2, 0.25) is 0 Å². The molecule has 1 aromatic heterocycles. The van der Waals surface area contributed by atoms with E-state index in [1.807, 2.05) is 0 Å². The summed E-state index contributed by atoms with van der Waals surface area (Å²) < 4.78 is 10.6. The van der Waals surface area contributed by atoms with Gasteiger partial charge in [0.15, 0.2) is 5.13 Å². The van der Waals surface area contributed by atoms with Gasteiger partial charge in [-0.25, -0.2) is 0 Å². The SMILES string of the molecule is COC1CN(c2nc(O)cs2)CC1OC. The van der Waals surface area contributed by atoms with Gasteiger partial charge in [-0.1, -0.05) is 0 Å². The average molecular weight is 230 g/mol. The third kappa shape index (κ3) is 2.06. The summed E-state index contributed by atoms with van der Waals surface area (Å²) in [5, 5.41) is 11.6. The highest BCUT2D eigenvalue weighted by Crippen LogP contribution is 2.28. The van der Waals surface area contributed by atoms with Gasteiger partial charge in [0.2, 0.25) is 5.88 Å². The third-order valence-electron chi connectivity index (χ3n) is 2.57. The van der Waals surface area contributed by atoms with Crippen LogP contribution in [0.15, 0.2) is 5.38 Å². The van der Waals surface area contributed by atoms with Crippen LogP contribution >= 0.6 is 11.3 Å². The quantitative estimate of drug-likeness (QED) is 0.828. The maximum Gasteiger partial charge on any atom is 0.223 e. The molecule has 0 saturated carbocycles. The standard InChI is InChI=1S/C9H14N2O3S/c1-13-6-3-11(4-7(6)14-2)9-10-8(12)5-15-9/h5-7,12H,3-4H2,1-2H3. The fraction of sp³-hybridized carbons (Fsp3) is 0.667. The smallest absolute Gasteiger partial charge is 0.223 e. The van der Waals surface area contributed by atoms with Crippen molar-refractivity contribution in [2.24, 2.45) is 0 Å². The van der Waals surface area contributed by atoms with Crippen molar-refractivity contribution in [3.8, 4) is 5.88 Å². The van der Waals surface area contributed by atoms with Crippen LogP contribution in [-0.2, 0) is 9.47 Å². The Hall–Kier alpha value is -0.850. The van der Waals surface area contributed by atoms with E-state index in [2.05, 4.69) is 9.88 Å². The van der Waals surface area contributed by atoms with E-state index in [9.17, 15) is 0 Å². The Morgan fingerprint density at radius 3 is 2.40 bits per heavy atom. The van der Waals surface area contributed by atoms with Crippen LogP contribution in [0.1, 0.15) is 0 Å². The van der Waals surface area contributed by atoms with Gasteiger partial charge in [0.25, 0.3) is 0 Å². The molecule has 0 spiro atoms. The first-order chi connectivity index (χ1) is 7.24. The summed E-state index contributed by atoms with van der Waals surface area (Å²) in [4.78, 5) is 6.08. The van der Waals surface area contributed by atoms with Crippen molar-refractivity contribution in [3.63, 3.8) is 0 Å². The fourth-order valence-corrected chi connectivity index (χ4v) is 2.46. The van der Waals surface area contributed by atoms with Crippen LogP contribution in [0.25, 0.3) is 0 Å². The van der Waals surface area contributed by atoms with E-state index in [-0.39, 0.29) is 18.1 Å². The third-order valence-corrected chi connectivity index (χ3v) is 3.46. The zero-order valence-electron chi connectivity index (χ0n) is 8.71. The average Bonchev–Trinajstić information content (AvgIpc) is 2.82. The summed E-state index contributed by atoms with van der Waals surface area (Å²) in [6, 6.07) is 0. The molecule has 0 aromatic carbocycles. The molecule has 15 heavy (non-hydrogen) atoms. The summed E-state index contributed by atoms with van der Waals surface area (Å²) in [7, 11) is 3.36. The van der Waals surface area contributed by atoms with Crippen molar-refractivity contribution in [2.75, 3.05) is 32.2 Å². The number of rotatable bonds is 3. The molecule has 84 valence electrons. The zero-order chi connectivity index (χ0) is 10.8. The minimum Gasteiger partial charge on any atom is -0.493 e.